The summed E-state index contributed by atoms with van der Waals surface area (Å²) >= 11 is 7.85. The first-order valence-corrected chi connectivity index (χ1v) is 8.80. The summed E-state index contributed by atoms with van der Waals surface area (Å²) in [7, 11) is 1.65. The van der Waals surface area contributed by atoms with E-state index in [0.29, 0.717) is 16.5 Å². The highest BCUT2D eigenvalue weighted by molar-refractivity contribution is 7.12. The number of carbonyl (C=O) groups excluding carboxylic acids is 1. The highest BCUT2D eigenvalue weighted by atomic mass is 35.5. The lowest BCUT2D eigenvalue weighted by molar-refractivity contribution is -0.114. The number of hydrogen-bond acceptors (Lipinski definition) is 4. The predicted octanol–water partition coefficient (Wildman–Crippen LogP) is 5.77. The van der Waals surface area contributed by atoms with Crippen LogP contribution < -0.4 is 14.8 Å². The van der Waals surface area contributed by atoms with Crippen molar-refractivity contribution in [3.63, 3.8) is 0 Å². The number of aryl methyl sites for hydroxylation is 1. The Morgan fingerprint density at radius 2 is 1.96 bits per heavy atom. The Labute approximate surface area is 151 Å². The molecule has 0 unspecified atom stereocenters. The maximum Gasteiger partial charge on any atom is 0.221 e. The molecule has 0 aliphatic heterocycles. The summed E-state index contributed by atoms with van der Waals surface area (Å²) in [5, 5.41) is 5.88. The van der Waals surface area contributed by atoms with Crippen LogP contribution in [-0.2, 0) is 10.2 Å². The molecule has 0 radical (unpaired) electrons. The smallest absolute Gasteiger partial charge is 0.221 e. The quantitative estimate of drug-likeness (QED) is 0.746. The van der Waals surface area contributed by atoms with Crippen molar-refractivity contribution in [1.29, 1.82) is 0 Å². The molecule has 4 nitrogen and oxygen atoms in total. The summed E-state index contributed by atoms with van der Waals surface area (Å²) in [6.45, 7) is 9.69. The van der Waals surface area contributed by atoms with Crippen molar-refractivity contribution in [1.82, 2.24) is 0 Å². The van der Waals surface area contributed by atoms with Gasteiger partial charge in [0.2, 0.25) is 5.91 Å². The van der Waals surface area contributed by atoms with Crippen molar-refractivity contribution < 1.29 is 14.3 Å². The van der Waals surface area contributed by atoms with Gasteiger partial charge in [-0.1, -0.05) is 32.4 Å². The van der Waals surface area contributed by atoms with Gasteiger partial charge in [-0.3, -0.25) is 4.79 Å². The zero-order chi connectivity index (χ0) is 18.1. The van der Waals surface area contributed by atoms with Gasteiger partial charge in [0.15, 0.2) is 5.06 Å². The second-order valence-electron chi connectivity index (χ2n) is 6.60. The van der Waals surface area contributed by atoms with E-state index in [0.717, 1.165) is 21.9 Å². The molecule has 0 atom stereocenters. The topological polar surface area (TPSA) is 47.6 Å². The van der Waals surface area contributed by atoms with Gasteiger partial charge in [0, 0.05) is 18.0 Å². The van der Waals surface area contributed by atoms with Crippen molar-refractivity contribution in [2.24, 2.45) is 0 Å². The molecule has 0 bridgehead atoms. The van der Waals surface area contributed by atoms with Gasteiger partial charge < -0.3 is 14.8 Å². The normalized spacial score (nSPS) is 11.3. The van der Waals surface area contributed by atoms with Crippen LogP contribution in [0.25, 0.3) is 0 Å². The third-order valence-electron chi connectivity index (χ3n) is 3.44. The largest absolute Gasteiger partial charge is 0.495 e. The maximum atomic E-state index is 11.2. The number of thiophene rings is 1. The van der Waals surface area contributed by atoms with Crippen molar-refractivity contribution in [2.75, 3.05) is 12.4 Å². The zero-order valence-electron chi connectivity index (χ0n) is 14.7. The molecule has 1 heterocycles. The van der Waals surface area contributed by atoms with Crippen LogP contribution in [0.5, 0.6) is 16.6 Å². The molecule has 6 heteroatoms. The Morgan fingerprint density at radius 1 is 1.29 bits per heavy atom. The van der Waals surface area contributed by atoms with E-state index in [1.165, 1.54) is 18.3 Å². The van der Waals surface area contributed by atoms with Gasteiger partial charge in [-0.15, -0.1) is 11.3 Å². The molecule has 2 aromatic rings. The van der Waals surface area contributed by atoms with E-state index in [2.05, 4.69) is 26.1 Å². The lowest BCUT2D eigenvalue weighted by Crippen LogP contribution is -2.12. The maximum absolute atomic E-state index is 11.2. The van der Waals surface area contributed by atoms with E-state index >= 15 is 0 Å². The Balaban J connectivity index is 2.42. The zero-order valence-corrected chi connectivity index (χ0v) is 16.3. The SMILES string of the molecule is COc1csc(Oc2c(C)cc(NC(C)=O)cc2Cl)c1C(C)(C)C. The van der Waals surface area contributed by atoms with Crippen molar-refractivity contribution in [3.05, 3.63) is 33.7 Å². The Hall–Kier alpha value is -1.72. The third-order valence-corrected chi connectivity index (χ3v) is 4.55. The number of benzene rings is 1. The molecule has 1 aromatic carbocycles. The molecule has 1 N–H and O–H groups in total. The Kier molecular flexibility index (Phi) is 5.45. The third kappa shape index (κ3) is 4.02. The number of methoxy groups -OCH3 is 1. The summed E-state index contributed by atoms with van der Waals surface area (Å²) < 4.78 is 11.6. The number of halogens is 1. The average molecular weight is 368 g/mol. The molecule has 0 aliphatic carbocycles. The van der Waals surface area contributed by atoms with Crippen LogP contribution >= 0.6 is 22.9 Å². The van der Waals surface area contributed by atoms with Crippen LogP contribution in [-0.4, -0.2) is 13.0 Å². The number of amides is 1. The van der Waals surface area contributed by atoms with Gasteiger partial charge in [0.25, 0.3) is 0 Å². The number of anilines is 1. The monoisotopic (exact) mass is 367 g/mol. The highest BCUT2D eigenvalue weighted by Crippen LogP contribution is 2.47. The standard InChI is InChI=1S/C18H22ClNO3S/c1-10-7-12(20-11(2)21)8-13(19)16(10)23-17-15(18(3,4)5)14(22-6)9-24-17/h7-9H,1-6H3,(H,20,21). The first-order valence-electron chi connectivity index (χ1n) is 7.55. The molecule has 0 aliphatic rings. The van der Waals surface area contributed by atoms with Crippen LogP contribution in [0.1, 0.15) is 38.8 Å². The molecule has 0 spiro atoms. The first-order chi connectivity index (χ1) is 11.1. The molecule has 0 saturated carbocycles. The summed E-state index contributed by atoms with van der Waals surface area (Å²) in [5.41, 5.74) is 2.38. The Bertz CT molecular complexity index is 739. The average Bonchev–Trinajstić information content (AvgIpc) is 2.85. The van der Waals surface area contributed by atoms with E-state index in [9.17, 15) is 4.79 Å². The van der Waals surface area contributed by atoms with E-state index in [-0.39, 0.29) is 11.3 Å². The van der Waals surface area contributed by atoms with Gasteiger partial charge in [-0.05, 0) is 30.0 Å². The molecule has 1 amide bonds. The fourth-order valence-corrected chi connectivity index (χ4v) is 3.84. The molecular formula is C18H22ClNO3S. The predicted molar refractivity (Wildman–Crippen MR) is 100 cm³/mol. The molecule has 130 valence electrons. The van der Waals surface area contributed by atoms with Crippen LogP contribution in [0.3, 0.4) is 0 Å². The van der Waals surface area contributed by atoms with Crippen molar-refractivity contribution in [3.8, 4) is 16.6 Å². The van der Waals surface area contributed by atoms with Crippen LogP contribution in [0.4, 0.5) is 5.69 Å². The molecule has 1 aromatic heterocycles. The van der Waals surface area contributed by atoms with E-state index in [4.69, 9.17) is 21.1 Å². The van der Waals surface area contributed by atoms with Gasteiger partial charge in [-0.2, -0.15) is 0 Å². The van der Waals surface area contributed by atoms with E-state index < -0.39 is 0 Å². The summed E-state index contributed by atoms with van der Waals surface area (Å²) in [4.78, 5) is 11.2. The minimum absolute atomic E-state index is 0.128. The fourth-order valence-electron chi connectivity index (χ4n) is 2.45. The minimum Gasteiger partial charge on any atom is -0.495 e. The summed E-state index contributed by atoms with van der Waals surface area (Å²) in [6.07, 6.45) is 0. The van der Waals surface area contributed by atoms with E-state index in [1.54, 1.807) is 13.2 Å². The van der Waals surface area contributed by atoms with Crippen LogP contribution in [0, 0.1) is 6.92 Å². The van der Waals surface area contributed by atoms with Crippen LogP contribution in [0.15, 0.2) is 17.5 Å². The molecular weight excluding hydrogens is 346 g/mol. The summed E-state index contributed by atoms with van der Waals surface area (Å²) in [6, 6.07) is 3.52. The van der Waals surface area contributed by atoms with Crippen molar-refractivity contribution >= 4 is 34.5 Å². The number of ether oxygens (including phenoxy) is 2. The number of rotatable bonds is 4. The van der Waals surface area contributed by atoms with Gasteiger partial charge >= 0.3 is 0 Å². The highest BCUT2D eigenvalue weighted by Gasteiger charge is 2.27. The number of carbonyl (C=O) groups is 1. The van der Waals surface area contributed by atoms with Gasteiger partial charge in [0.1, 0.15) is 11.5 Å². The molecule has 2 rings (SSSR count). The van der Waals surface area contributed by atoms with E-state index in [1.807, 2.05) is 18.4 Å². The van der Waals surface area contributed by atoms with Gasteiger partial charge in [0.05, 0.1) is 17.7 Å². The minimum atomic E-state index is -0.142. The fraction of sp³-hybridized carbons (Fsp3) is 0.389. The summed E-state index contributed by atoms with van der Waals surface area (Å²) in [5.74, 6) is 1.25. The lowest BCUT2D eigenvalue weighted by Gasteiger charge is -2.21. The van der Waals surface area contributed by atoms with Gasteiger partial charge in [-0.25, -0.2) is 0 Å². The van der Waals surface area contributed by atoms with Crippen molar-refractivity contribution in [2.45, 2.75) is 40.0 Å². The van der Waals surface area contributed by atoms with Crippen LogP contribution in [0.2, 0.25) is 5.02 Å². The molecule has 0 saturated heterocycles. The molecule has 0 fully saturated rings. The lowest BCUT2D eigenvalue weighted by atomic mass is 9.88. The Morgan fingerprint density at radius 3 is 2.46 bits per heavy atom. The first kappa shape index (κ1) is 18.6. The second kappa shape index (κ2) is 7.03. The number of hydrogen-bond donors (Lipinski definition) is 1. The second-order valence-corrected chi connectivity index (χ2v) is 7.85. The molecule has 24 heavy (non-hydrogen) atoms. The number of nitrogens with one attached hydrogen (secondary N) is 1.